The molecule has 1 rings (SSSR count). The average Bonchev–Trinajstić information content (AvgIpc) is 2.28. The zero-order valence-electron chi connectivity index (χ0n) is 13.3. The lowest BCUT2D eigenvalue weighted by molar-refractivity contribution is -0.133. The smallest absolute Gasteiger partial charge is 0.159 e. The monoisotopic (exact) mass is 261 g/mol. The summed E-state index contributed by atoms with van der Waals surface area (Å²) in [6, 6.07) is 9.86. The predicted octanol–water partition coefficient (Wildman–Crippen LogP) is 4.07. The van der Waals surface area contributed by atoms with Crippen LogP contribution in [0.25, 0.3) is 0 Å². The lowest BCUT2D eigenvalue weighted by Gasteiger charge is -2.40. The number of rotatable bonds is 3. The molecular weight excluding hydrogens is 234 g/mol. The number of nitrogens with zero attached hydrogens (tertiary/aromatic N) is 1. The summed E-state index contributed by atoms with van der Waals surface area (Å²) < 4.78 is 0. The highest BCUT2D eigenvalue weighted by molar-refractivity contribution is 5.89. The average molecular weight is 261 g/mol. The first kappa shape index (κ1) is 15.9. The number of Topliss-reactive ketones (excluding diaryl/α,β-unsaturated/α-hetero) is 1. The molecule has 19 heavy (non-hydrogen) atoms. The minimum atomic E-state index is -0.347. The Hall–Kier alpha value is -1.15. The third-order valence-electron chi connectivity index (χ3n) is 3.55. The highest BCUT2D eigenvalue weighted by atomic mass is 16.1. The highest BCUT2D eigenvalue weighted by Crippen LogP contribution is 2.33. The second-order valence-electron chi connectivity index (χ2n) is 7.21. The van der Waals surface area contributed by atoms with E-state index in [0.29, 0.717) is 0 Å². The first-order valence-corrected chi connectivity index (χ1v) is 6.87. The summed E-state index contributed by atoms with van der Waals surface area (Å²) in [4.78, 5) is 15.0. The van der Waals surface area contributed by atoms with Crippen molar-refractivity contribution >= 4 is 5.78 Å². The molecule has 0 radical (unpaired) electrons. The van der Waals surface area contributed by atoms with Gasteiger partial charge < -0.3 is 0 Å². The van der Waals surface area contributed by atoms with Gasteiger partial charge in [-0.05, 0) is 33.4 Å². The third kappa shape index (κ3) is 3.90. The Kier molecular flexibility index (Phi) is 4.57. The van der Waals surface area contributed by atoms with Crippen LogP contribution in [0.5, 0.6) is 0 Å². The molecule has 0 fully saturated rings. The van der Waals surface area contributed by atoms with Gasteiger partial charge in [0, 0.05) is 11.0 Å². The van der Waals surface area contributed by atoms with E-state index in [9.17, 15) is 4.79 Å². The largest absolute Gasteiger partial charge is 0.297 e. The van der Waals surface area contributed by atoms with E-state index in [1.165, 1.54) is 0 Å². The van der Waals surface area contributed by atoms with Crippen molar-refractivity contribution in [1.29, 1.82) is 0 Å². The molecule has 1 atom stereocenters. The summed E-state index contributed by atoms with van der Waals surface area (Å²) in [6.07, 6.45) is 0. The van der Waals surface area contributed by atoms with Gasteiger partial charge in [0.05, 0.1) is 6.04 Å². The zero-order chi connectivity index (χ0) is 14.8. The third-order valence-corrected chi connectivity index (χ3v) is 3.55. The first-order chi connectivity index (χ1) is 8.55. The van der Waals surface area contributed by atoms with Crippen LogP contribution in [0, 0.1) is 5.41 Å². The molecule has 0 amide bonds. The Labute approximate surface area is 117 Å². The fraction of sp³-hybridized carbons (Fsp3) is 0.588. The molecule has 1 aromatic rings. The lowest BCUT2D eigenvalue weighted by Crippen LogP contribution is -2.46. The van der Waals surface area contributed by atoms with Gasteiger partial charge in [-0.15, -0.1) is 0 Å². The SMILES string of the molecule is CN([C@@H](C(=O)C(C)(C)C)c1ccccc1)C(C)(C)C. The molecule has 0 aliphatic heterocycles. The van der Waals surface area contributed by atoms with Gasteiger partial charge in [-0.2, -0.15) is 0 Å². The van der Waals surface area contributed by atoms with E-state index < -0.39 is 0 Å². The second-order valence-corrected chi connectivity index (χ2v) is 7.21. The fourth-order valence-electron chi connectivity index (χ4n) is 1.98. The van der Waals surface area contributed by atoms with E-state index in [-0.39, 0.29) is 22.8 Å². The van der Waals surface area contributed by atoms with Crippen molar-refractivity contribution in [2.75, 3.05) is 7.05 Å². The Bertz CT molecular complexity index is 423. The van der Waals surface area contributed by atoms with E-state index in [4.69, 9.17) is 0 Å². The van der Waals surface area contributed by atoms with Crippen LogP contribution in [-0.4, -0.2) is 23.3 Å². The number of benzene rings is 1. The molecule has 0 aliphatic carbocycles. The number of ketones is 1. The number of hydrogen-bond donors (Lipinski definition) is 0. The highest BCUT2D eigenvalue weighted by Gasteiger charge is 2.37. The van der Waals surface area contributed by atoms with Gasteiger partial charge in [0.25, 0.3) is 0 Å². The van der Waals surface area contributed by atoms with Crippen molar-refractivity contribution in [1.82, 2.24) is 4.90 Å². The molecule has 2 heteroatoms. The summed E-state index contributed by atoms with van der Waals surface area (Å²) in [7, 11) is 2.03. The van der Waals surface area contributed by atoms with Gasteiger partial charge in [-0.3, -0.25) is 9.69 Å². The van der Waals surface area contributed by atoms with E-state index in [0.717, 1.165) is 5.56 Å². The van der Waals surface area contributed by atoms with E-state index in [2.05, 4.69) is 25.7 Å². The molecule has 0 aromatic heterocycles. The fourth-order valence-corrected chi connectivity index (χ4v) is 1.98. The van der Waals surface area contributed by atoms with Crippen molar-refractivity contribution < 1.29 is 4.79 Å². The molecule has 1 aromatic carbocycles. The van der Waals surface area contributed by atoms with Crippen molar-refractivity contribution in [3.63, 3.8) is 0 Å². The molecule has 0 heterocycles. The van der Waals surface area contributed by atoms with Crippen LogP contribution in [0.2, 0.25) is 0 Å². The summed E-state index contributed by atoms with van der Waals surface area (Å²) in [5.74, 6) is 0.260. The topological polar surface area (TPSA) is 20.3 Å². The van der Waals surface area contributed by atoms with Crippen LogP contribution in [0.15, 0.2) is 30.3 Å². The van der Waals surface area contributed by atoms with Crippen LogP contribution >= 0.6 is 0 Å². The van der Waals surface area contributed by atoms with Crippen molar-refractivity contribution in [3.05, 3.63) is 35.9 Å². The summed E-state index contributed by atoms with van der Waals surface area (Å²) in [6.45, 7) is 12.4. The number of carbonyl (C=O) groups is 1. The van der Waals surface area contributed by atoms with Crippen LogP contribution in [0.1, 0.15) is 53.1 Å². The Balaban J connectivity index is 3.24. The van der Waals surface area contributed by atoms with Gasteiger partial charge in [-0.1, -0.05) is 51.1 Å². The van der Waals surface area contributed by atoms with Crippen LogP contribution < -0.4 is 0 Å². The summed E-state index contributed by atoms with van der Waals surface area (Å²) in [5, 5.41) is 0. The molecule has 0 unspecified atom stereocenters. The maximum Gasteiger partial charge on any atom is 0.159 e. The zero-order valence-corrected chi connectivity index (χ0v) is 13.3. The second kappa shape index (κ2) is 5.46. The summed E-state index contributed by atoms with van der Waals surface area (Å²) in [5.41, 5.74) is 0.668. The predicted molar refractivity (Wildman–Crippen MR) is 81.2 cm³/mol. The molecule has 106 valence electrons. The maximum atomic E-state index is 12.8. The lowest BCUT2D eigenvalue weighted by atomic mass is 9.82. The van der Waals surface area contributed by atoms with Crippen molar-refractivity contribution in [3.8, 4) is 0 Å². The normalized spacial score (nSPS) is 14.5. The molecular formula is C17H27NO. The number of likely N-dealkylation sites (N-methyl/N-ethyl adjacent to an activating group) is 1. The molecule has 0 bridgehead atoms. The minimum absolute atomic E-state index is 0.0541. The molecule has 0 saturated heterocycles. The van der Waals surface area contributed by atoms with E-state index in [1.807, 2.05) is 58.2 Å². The molecule has 2 nitrogen and oxygen atoms in total. The Morgan fingerprint density at radius 2 is 1.47 bits per heavy atom. The minimum Gasteiger partial charge on any atom is -0.297 e. The van der Waals surface area contributed by atoms with Gasteiger partial charge in [0.2, 0.25) is 0 Å². The molecule has 0 aliphatic rings. The van der Waals surface area contributed by atoms with Gasteiger partial charge in [0.15, 0.2) is 5.78 Å². The molecule has 0 N–H and O–H groups in total. The van der Waals surface area contributed by atoms with Crippen LogP contribution in [0.3, 0.4) is 0 Å². The van der Waals surface area contributed by atoms with E-state index >= 15 is 0 Å². The van der Waals surface area contributed by atoms with Crippen LogP contribution in [0.4, 0.5) is 0 Å². The molecule has 0 saturated carbocycles. The molecule has 0 spiro atoms. The van der Waals surface area contributed by atoms with Gasteiger partial charge in [-0.25, -0.2) is 0 Å². The van der Waals surface area contributed by atoms with Crippen molar-refractivity contribution in [2.45, 2.75) is 53.1 Å². The van der Waals surface area contributed by atoms with Gasteiger partial charge >= 0.3 is 0 Å². The maximum absolute atomic E-state index is 12.8. The number of hydrogen-bond acceptors (Lipinski definition) is 2. The quantitative estimate of drug-likeness (QED) is 0.817. The Morgan fingerprint density at radius 1 is 1.00 bits per heavy atom. The standard InChI is InChI=1S/C17H27NO/c1-16(2,3)15(19)14(18(7)17(4,5)6)13-11-9-8-10-12-13/h8-12,14H,1-7H3/t14-/m1/s1. The van der Waals surface area contributed by atoms with Crippen molar-refractivity contribution in [2.24, 2.45) is 5.41 Å². The first-order valence-electron chi connectivity index (χ1n) is 6.87. The summed E-state index contributed by atoms with van der Waals surface area (Å²) >= 11 is 0. The van der Waals surface area contributed by atoms with Crippen LogP contribution in [-0.2, 0) is 4.79 Å². The number of carbonyl (C=O) groups excluding carboxylic acids is 1. The van der Waals surface area contributed by atoms with Gasteiger partial charge in [0.1, 0.15) is 0 Å². The Morgan fingerprint density at radius 3 is 1.84 bits per heavy atom. The van der Waals surface area contributed by atoms with E-state index in [1.54, 1.807) is 0 Å².